The van der Waals surface area contributed by atoms with E-state index in [0.29, 0.717) is 12.2 Å². The molecule has 0 radical (unpaired) electrons. The van der Waals surface area contributed by atoms with E-state index in [-0.39, 0.29) is 11.7 Å². The number of nitrogens with one attached hydrogen (secondary N) is 1. The quantitative estimate of drug-likeness (QED) is 0.855. The minimum atomic E-state index is -1.01. The first-order chi connectivity index (χ1) is 9.60. The number of nitrogens with zero attached hydrogens (tertiary/aromatic N) is 2. The number of thiazole rings is 1. The summed E-state index contributed by atoms with van der Waals surface area (Å²) in [4.78, 5) is 20.6. The smallest absolute Gasteiger partial charge is 0.354 e. The molecule has 106 valence electrons. The molecule has 2 rings (SSSR count). The average Bonchev–Trinajstić information content (AvgIpc) is 2.94. The van der Waals surface area contributed by atoms with Crippen LogP contribution in [0.3, 0.4) is 0 Å². The Morgan fingerprint density at radius 2 is 2.30 bits per heavy atom. The Bertz CT molecular complexity index is 598. The zero-order chi connectivity index (χ0) is 14.5. The van der Waals surface area contributed by atoms with Crippen molar-refractivity contribution in [1.82, 2.24) is 15.3 Å². The van der Waals surface area contributed by atoms with Gasteiger partial charge in [-0.05, 0) is 25.5 Å². The van der Waals surface area contributed by atoms with E-state index < -0.39 is 5.97 Å². The van der Waals surface area contributed by atoms with Crippen LogP contribution < -0.4 is 5.32 Å². The Morgan fingerprint density at radius 3 is 2.95 bits per heavy atom. The van der Waals surface area contributed by atoms with E-state index in [1.54, 1.807) is 17.4 Å². The van der Waals surface area contributed by atoms with Crippen LogP contribution in [0.5, 0.6) is 0 Å². The van der Waals surface area contributed by atoms with E-state index >= 15 is 0 Å². The topological polar surface area (TPSA) is 75.1 Å². The molecular formula is C14H17N3O2S. The summed E-state index contributed by atoms with van der Waals surface area (Å²) in [7, 11) is 0. The van der Waals surface area contributed by atoms with Crippen LogP contribution >= 0.6 is 11.3 Å². The zero-order valence-electron chi connectivity index (χ0n) is 11.5. The highest BCUT2D eigenvalue weighted by Crippen LogP contribution is 2.20. The summed E-state index contributed by atoms with van der Waals surface area (Å²) in [6.07, 6.45) is 2.90. The number of aromatic nitrogens is 2. The fourth-order valence-electron chi connectivity index (χ4n) is 1.73. The maximum absolute atomic E-state index is 10.9. The SMILES string of the molecule is CCc1cnc(C(C)NCc2cccc(C(=O)O)n2)s1. The van der Waals surface area contributed by atoms with Crippen LogP contribution in [0.2, 0.25) is 0 Å². The number of carboxylic acid groups (broad SMARTS) is 1. The summed E-state index contributed by atoms with van der Waals surface area (Å²) in [5.41, 5.74) is 0.781. The number of pyridine rings is 1. The number of rotatable bonds is 6. The summed E-state index contributed by atoms with van der Waals surface area (Å²) in [5.74, 6) is -1.01. The van der Waals surface area contributed by atoms with Crippen molar-refractivity contribution in [3.63, 3.8) is 0 Å². The summed E-state index contributed by atoms with van der Waals surface area (Å²) in [5, 5.41) is 13.3. The molecule has 0 aliphatic carbocycles. The molecule has 0 aliphatic heterocycles. The van der Waals surface area contributed by atoms with Crippen LogP contribution in [0.25, 0.3) is 0 Å². The lowest BCUT2D eigenvalue weighted by atomic mass is 10.2. The summed E-state index contributed by atoms with van der Waals surface area (Å²) < 4.78 is 0. The normalized spacial score (nSPS) is 12.3. The van der Waals surface area contributed by atoms with Gasteiger partial charge in [-0.3, -0.25) is 0 Å². The van der Waals surface area contributed by atoms with Crippen molar-refractivity contribution >= 4 is 17.3 Å². The molecule has 0 saturated heterocycles. The van der Waals surface area contributed by atoms with E-state index in [9.17, 15) is 4.79 Å². The van der Waals surface area contributed by atoms with Crippen LogP contribution in [0.1, 0.15) is 46.0 Å². The van der Waals surface area contributed by atoms with Gasteiger partial charge in [-0.2, -0.15) is 0 Å². The lowest BCUT2D eigenvalue weighted by molar-refractivity contribution is 0.0690. The van der Waals surface area contributed by atoms with Gasteiger partial charge in [0.2, 0.25) is 0 Å². The molecule has 0 saturated carbocycles. The third-order valence-electron chi connectivity index (χ3n) is 2.91. The predicted molar refractivity (Wildman–Crippen MR) is 77.9 cm³/mol. The van der Waals surface area contributed by atoms with E-state index in [1.165, 1.54) is 10.9 Å². The maximum Gasteiger partial charge on any atom is 0.354 e. The van der Waals surface area contributed by atoms with Gasteiger partial charge in [0.1, 0.15) is 10.7 Å². The second kappa shape index (κ2) is 6.58. The Kier molecular flexibility index (Phi) is 4.81. The van der Waals surface area contributed by atoms with Crippen molar-refractivity contribution in [2.75, 3.05) is 0 Å². The molecule has 1 unspecified atom stereocenters. The number of aryl methyl sites for hydroxylation is 1. The van der Waals surface area contributed by atoms with Gasteiger partial charge in [-0.25, -0.2) is 14.8 Å². The fraction of sp³-hybridized carbons (Fsp3) is 0.357. The largest absolute Gasteiger partial charge is 0.477 e. The molecule has 2 aromatic rings. The number of aromatic carboxylic acids is 1. The van der Waals surface area contributed by atoms with E-state index in [1.807, 2.05) is 19.2 Å². The molecule has 0 aliphatic rings. The molecule has 0 fully saturated rings. The van der Waals surface area contributed by atoms with Gasteiger partial charge in [-0.15, -0.1) is 11.3 Å². The van der Waals surface area contributed by atoms with Crippen molar-refractivity contribution in [2.45, 2.75) is 32.9 Å². The predicted octanol–water partition coefficient (Wildman–Crippen LogP) is 2.65. The van der Waals surface area contributed by atoms with Gasteiger partial charge in [0.25, 0.3) is 0 Å². The molecule has 1 atom stereocenters. The second-order valence-corrected chi connectivity index (χ2v) is 5.59. The first-order valence-corrected chi connectivity index (χ1v) is 7.29. The number of carboxylic acids is 1. The Balaban J connectivity index is 1.97. The van der Waals surface area contributed by atoms with Gasteiger partial charge in [-0.1, -0.05) is 13.0 Å². The molecule has 0 spiro atoms. The van der Waals surface area contributed by atoms with Gasteiger partial charge >= 0.3 is 5.97 Å². The van der Waals surface area contributed by atoms with Gasteiger partial charge in [0, 0.05) is 17.6 Å². The Hall–Kier alpha value is -1.79. The number of hydrogen-bond acceptors (Lipinski definition) is 5. The molecule has 2 heterocycles. The standard InChI is InChI=1S/C14H17N3O2S/c1-3-11-8-16-13(20-11)9(2)15-7-10-5-4-6-12(17-10)14(18)19/h4-6,8-9,15H,3,7H2,1-2H3,(H,18,19). The molecule has 2 aromatic heterocycles. The molecule has 5 nitrogen and oxygen atoms in total. The zero-order valence-corrected chi connectivity index (χ0v) is 12.3. The van der Waals surface area contributed by atoms with E-state index in [2.05, 4.69) is 22.2 Å². The van der Waals surface area contributed by atoms with Gasteiger partial charge in [0.15, 0.2) is 0 Å². The first kappa shape index (κ1) is 14.6. The van der Waals surface area contributed by atoms with Crippen molar-refractivity contribution in [1.29, 1.82) is 0 Å². The average molecular weight is 291 g/mol. The van der Waals surface area contributed by atoms with Crippen LogP contribution in [0, 0.1) is 0 Å². The van der Waals surface area contributed by atoms with E-state index in [4.69, 9.17) is 5.11 Å². The molecule has 20 heavy (non-hydrogen) atoms. The second-order valence-electron chi connectivity index (χ2n) is 4.44. The minimum absolute atomic E-state index is 0.0690. The van der Waals surface area contributed by atoms with Crippen LogP contribution in [0.4, 0.5) is 0 Å². The van der Waals surface area contributed by atoms with Crippen LogP contribution in [-0.4, -0.2) is 21.0 Å². The lowest BCUT2D eigenvalue weighted by Gasteiger charge is -2.10. The van der Waals surface area contributed by atoms with E-state index in [0.717, 1.165) is 11.4 Å². The fourth-order valence-corrected chi connectivity index (χ4v) is 2.61. The van der Waals surface area contributed by atoms with Crippen molar-refractivity contribution < 1.29 is 9.90 Å². The molecule has 0 aromatic carbocycles. The highest BCUT2D eigenvalue weighted by atomic mass is 32.1. The highest BCUT2D eigenvalue weighted by molar-refractivity contribution is 7.11. The Morgan fingerprint density at radius 1 is 1.50 bits per heavy atom. The number of carbonyl (C=O) groups is 1. The molecule has 0 bridgehead atoms. The highest BCUT2D eigenvalue weighted by Gasteiger charge is 2.10. The van der Waals surface area contributed by atoms with Gasteiger partial charge in [0.05, 0.1) is 11.7 Å². The number of hydrogen-bond donors (Lipinski definition) is 2. The summed E-state index contributed by atoms with van der Waals surface area (Å²) in [6.45, 7) is 4.67. The summed E-state index contributed by atoms with van der Waals surface area (Å²) in [6, 6.07) is 5.13. The van der Waals surface area contributed by atoms with Crippen LogP contribution in [-0.2, 0) is 13.0 Å². The maximum atomic E-state index is 10.9. The lowest BCUT2D eigenvalue weighted by Crippen LogP contribution is -2.19. The van der Waals surface area contributed by atoms with Crippen molar-refractivity contribution in [2.24, 2.45) is 0 Å². The molecule has 0 amide bonds. The monoisotopic (exact) mass is 291 g/mol. The molecule has 6 heteroatoms. The molecule has 2 N–H and O–H groups in total. The summed E-state index contributed by atoms with van der Waals surface area (Å²) >= 11 is 1.70. The first-order valence-electron chi connectivity index (χ1n) is 6.47. The third-order valence-corrected chi connectivity index (χ3v) is 4.23. The van der Waals surface area contributed by atoms with Crippen molar-refractivity contribution in [3.05, 3.63) is 45.7 Å². The minimum Gasteiger partial charge on any atom is -0.477 e. The van der Waals surface area contributed by atoms with Crippen molar-refractivity contribution in [3.8, 4) is 0 Å². The third kappa shape index (κ3) is 3.61. The Labute approximate surface area is 121 Å². The molecular weight excluding hydrogens is 274 g/mol. The van der Waals surface area contributed by atoms with Crippen LogP contribution in [0.15, 0.2) is 24.4 Å². The van der Waals surface area contributed by atoms with Gasteiger partial charge < -0.3 is 10.4 Å².